The van der Waals surface area contributed by atoms with Gasteiger partial charge in [-0.3, -0.25) is 0 Å². The van der Waals surface area contributed by atoms with Gasteiger partial charge in [-0.25, -0.2) is 0 Å². The highest BCUT2D eigenvalue weighted by molar-refractivity contribution is 5.44. The minimum Gasteiger partial charge on any atom is -0.504 e. The van der Waals surface area contributed by atoms with Crippen LogP contribution in [0.25, 0.3) is 0 Å². The molecule has 0 radical (unpaired) electrons. The summed E-state index contributed by atoms with van der Waals surface area (Å²) >= 11 is 0. The molecule has 0 saturated heterocycles. The maximum Gasteiger partial charge on any atom is 0.157 e. The second-order valence-corrected chi connectivity index (χ2v) is 5.07. The Kier molecular flexibility index (Phi) is 3.74. The van der Waals surface area contributed by atoms with Crippen LogP contribution in [0.5, 0.6) is 23.0 Å². The molecule has 0 saturated carbocycles. The molecule has 0 aliphatic rings. The molecule has 0 spiro atoms. The van der Waals surface area contributed by atoms with E-state index in [2.05, 4.69) is 0 Å². The van der Waals surface area contributed by atoms with Crippen LogP contribution >= 0.6 is 0 Å². The van der Waals surface area contributed by atoms with Gasteiger partial charge < -0.3 is 20.4 Å². The van der Waals surface area contributed by atoms with E-state index in [1.54, 1.807) is 12.1 Å². The van der Waals surface area contributed by atoms with Gasteiger partial charge in [-0.15, -0.1) is 0 Å². The van der Waals surface area contributed by atoms with Crippen molar-refractivity contribution in [3.05, 3.63) is 47.5 Å². The number of rotatable bonds is 3. The van der Waals surface area contributed by atoms with Crippen molar-refractivity contribution < 1.29 is 20.4 Å². The lowest BCUT2D eigenvalue weighted by atomic mass is 9.84. The zero-order chi connectivity index (χ0) is 14.9. The molecule has 106 valence electrons. The SMILES string of the molecule is CC(c1ccc(O)c(O)c1)C(C)c1ccc(O)c(O)c1. The highest BCUT2D eigenvalue weighted by atomic mass is 16.3. The van der Waals surface area contributed by atoms with Crippen LogP contribution in [-0.4, -0.2) is 20.4 Å². The van der Waals surface area contributed by atoms with E-state index in [0.717, 1.165) is 11.1 Å². The average molecular weight is 274 g/mol. The molecule has 2 rings (SSSR count). The van der Waals surface area contributed by atoms with Gasteiger partial charge in [-0.1, -0.05) is 26.0 Å². The van der Waals surface area contributed by atoms with E-state index in [1.165, 1.54) is 24.3 Å². The molecule has 0 aromatic heterocycles. The quantitative estimate of drug-likeness (QED) is 0.646. The first-order valence-electron chi connectivity index (χ1n) is 6.44. The van der Waals surface area contributed by atoms with Crippen LogP contribution in [0.3, 0.4) is 0 Å². The summed E-state index contributed by atoms with van der Waals surface area (Å²) in [5.41, 5.74) is 1.78. The van der Waals surface area contributed by atoms with E-state index in [4.69, 9.17) is 0 Å². The fourth-order valence-corrected chi connectivity index (χ4v) is 2.22. The third-order valence-corrected chi connectivity index (χ3v) is 3.80. The Balaban J connectivity index is 2.29. The summed E-state index contributed by atoms with van der Waals surface area (Å²) in [4.78, 5) is 0. The summed E-state index contributed by atoms with van der Waals surface area (Å²) in [6, 6.07) is 9.52. The normalized spacial score (nSPS) is 13.9. The van der Waals surface area contributed by atoms with Crippen LogP contribution < -0.4 is 0 Å². The van der Waals surface area contributed by atoms with E-state index in [9.17, 15) is 20.4 Å². The van der Waals surface area contributed by atoms with Crippen molar-refractivity contribution in [2.45, 2.75) is 25.7 Å². The summed E-state index contributed by atoms with van der Waals surface area (Å²) in [5.74, 6) is -0.423. The number of aromatic hydroxyl groups is 4. The van der Waals surface area contributed by atoms with Crippen molar-refractivity contribution in [3.8, 4) is 23.0 Å². The van der Waals surface area contributed by atoms with Crippen LogP contribution in [0.4, 0.5) is 0 Å². The van der Waals surface area contributed by atoms with Crippen LogP contribution in [0.15, 0.2) is 36.4 Å². The summed E-state index contributed by atoms with van der Waals surface area (Å²) < 4.78 is 0. The Labute approximate surface area is 117 Å². The molecule has 4 nitrogen and oxygen atoms in total. The summed E-state index contributed by atoms with van der Waals surface area (Å²) in [5, 5.41) is 37.8. The van der Waals surface area contributed by atoms with Gasteiger partial charge in [0, 0.05) is 0 Å². The molecule has 20 heavy (non-hydrogen) atoms. The first-order valence-corrected chi connectivity index (χ1v) is 6.44. The molecule has 0 aliphatic carbocycles. The molecule has 0 bridgehead atoms. The minimum atomic E-state index is -0.143. The molecule has 0 aliphatic heterocycles. The Morgan fingerprint density at radius 3 is 1.25 bits per heavy atom. The Morgan fingerprint density at radius 2 is 0.950 bits per heavy atom. The van der Waals surface area contributed by atoms with Gasteiger partial charge in [0.2, 0.25) is 0 Å². The molecule has 0 fully saturated rings. The third-order valence-electron chi connectivity index (χ3n) is 3.80. The predicted octanol–water partition coefficient (Wildman–Crippen LogP) is 3.42. The first-order chi connectivity index (χ1) is 9.40. The molecule has 0 heterocycles. The zero-order valence-corrected chi connectivity index (χ0v) is 11.4. The van der Waals surface area contributed by atoms with Gasteiger partial charge in [-0.2, -0.15) is 0 Å². The number of benzene rings is 2. The largest absolute Gasteiger partial charge is 0.504 e. The van der Waals surface area contributed by atoms with Crippen molar-refractivity contribution in [1.29, 1.82) is 0 Å². The lowest BCUT2D eigenvalue weighted by molar-refractivity contribution is 0.401. The number of phenolic OH excluding ortho intramolecular Hbond substituents is 4. The van der Waals surface area contributed by atoms with Gasteiger partial charge in [0.25, 0.3) is 0 Å². The molecule has 2 unspecified atom stereocenters. The monoisotopic (exact) mass is 274 g/mol. The molecular formula is C16H18O4. The molecule has 2 atom stereocenters. The van der Waals surface area contributed by atoms with Crippen molar-refractivity contribution in [3.63, 3.8) is 0 Å². The van der Waals surface area contributed by atoms with Crippen molar-refractivity contribution >= 4 is 0 Å². The van der Waals surface area contributed by atoms with E-state index >= 15 is 0 Å². The maximum atomic E-state index is 9.56. The molecule has 2 aromatic rings. The van der Waals surface area contributed by atoms with E-state index in [1.807, 2.05) is 13.8 Å². The lowest BCUT2D eigenvalue weighted by Crippen LogP contribution is -2.04. The number of hydrogen-bond acceptors (Lipinski definition) is 4. The lowest BCUT2D eigenvalue weighted by Gasteiger charge is -2.21. The van der Waals surface area contributed by atoms with Crippen LogP contribution in [0.2, 0.25) is 0 Å². The number of phenols is 4. The van der Waals surface area contributed by atoms with Gasteiger partial charge in [0.05, 0.1) is 0 Å². The Morgan fingerprint density at radius 1 is 0.600 bits per heavy atom. The van der Waals surface area contributed by atoms with Gasteiger partial charge in [0.1, 0.15) is 0 Å². The predicted molar refractivity (Wildman–Crippen MR) is 76.4 cm³/mol. The van der Waals surface area contributed by atoms with Crippen molar-refractivity contribution in [1.82, 2.24) is 0 Å². The Hall–Kier alpha value is -2.36. The van der Waals surface area contributed by atoms with Gasteiger partial charge in [-0.05, 0) is 47.2 Å². The highest BCUT2D eigenvalue weighted by Crippen LogP contribution is 2.38. The Bertz CT molecular complexity index is 566. The second-order valence-electron chi connectivity index (χ2n) is 5.07. The van der Waals surface area contributed by atoms with Crippen molar-refractivity contribution in [2.24, 2.45) is 0 Å². The molecule has 0 amide bonds. The molecule has 4 N–H and O–H groups in total. The fraction of sp³-hybridized carbons (Fsp3) is 0.250. The smallest absolute Gasteiger partial charge is 0.157 e. The fourth-order valence-electron chi connectivity index (χ4n) is 2.22. The summed E-state index contributed by atoms with van der Waals surface area (Å²) in [7, 11) is 0. The molecule has 2 aromatic carbocycles. The van der Waals surface area contributed by atoms with Crippen LogP contribution in [0, 0.1) is 0 Å². The van der Waals surface area contributed by atoms with E-state index < -0.39 is 0 Å². The highest BCUT2D eigenvalue weighted by Gasteiger charge is 2.18. The van der Waals surface area contributed by atoms with Gasteiger partial charge >= 0.3 is 0 Å². The zero-order valence-electron chi connectivity index (χ0n) is 11.4. The second kappa shape index (κ2) is 5.33. The van der Waals surface area contributed by atoms with Crippen molar-refractivity contribution in [2.75, 3.05) is 0 Å². The minimum absolute atomic E-state index is 0.0745. The standard InChI is InChI=1S/C16H18O4/c1-9(11-3-5-13(17)15(19)7-11)10(2)12-4-6-14(18)16(20)8-12/h3-10,17-20H,1-2H3. The van der Waals surface area contributed by atoms with Gasteiger partial charge in [0.15, 0.2) is 23.0 Å². The average Bonchev–Trinajstić information content (AvgIpc) is 2.43. The number of hydrogen-bond donors (Lipinski definition) is 4. The van der Waals surface area contributed by atoms with Crippen LogP contribution in [0.1, 0.15) is 36.8 Å². The molecular weight excluding hydrogens is 256 g/mol. The van der Waals surface area contributed by atoms with E-state index in [0.29, 0.717) is 0 Å². The summed E-state index contributed by atoms with van der Waals surface area (Å²) in [6.45, 7) is 4.00. The third kappa shape index (κ3) is 2.64. The van der Waals surface area contributed by atoms with Crippen LogP contribution in [-0.2, 0) is 0 Å². The maximum absolute atomic E-state index is 9.56. The molecule has 4 heteroatoms. The summed E-state index contributed by atoms with van der Waals surface area (Å²) in [6.07, 6.45) is 0. The van der Waals surface area contributed by atoms with E-state index in [-0.39, 0.29) is 34.8 Å². The first kappa shape index (κ1) is 14.1. The topological polar surface area (TPSA) is 80.9 Å².